The van der Waals surface area contributed by atoms with E-state index in [1.165, 1.54) is 4.90 Å². The number of hydrogen-bond donors (Lipinski definition) is 0. The number of allylic oxidation sites excluding steroid dienone is 2. The minimum absolute atomic E-state index is 0.111. The zero-order chi connectivity index (χ0) is 25.1. The molecule has 0 radical (unpaired) electrons. The van der Waals surface area contributed by atoms with Crippen LogP contribution in [0.5, 0.6) is 5.75 Å². The quantitative estimate of drug-likeness (QED) is 0.213. The number of rotatable bonds is 6. The Hall–Kier alpha value is -3.99. The lowest BCUT2D eigenvalue weighted by Gasteiger charge is -2.37. The molecule has 2 saturated carbocycles. The number of ether oxygens (including phenoxy) is 1. The van der Waals surface area contributed by atoms with Crippen molar-refractivity contribution in [1.29, 1.82) is 0 Å². The van der Waals surface area contributed by atoms with Crippen LogP contribution in [-0.4, -0.2) is 28.7 Å². The number of amides is 2. The van der Waals surface area contributed by atoms with Gasteiger partial charge < -0.3 is 4.74 Å². The van der Waals surface area contributed by atoms with Crippen LogP contribution in [0.25, 0.3) is 11.1 Å². The Bertz CT molecular complexity index is 1360. The summed E-state index contributed by atoms with van der Waals surface area (Å²) in [6.45, 7) is 0. The molecule has 4 aliphatic carbocycles. The fourth-order valence-electron chi connectivity index (χ4n) is 6.93. The highest BCUT2D eigenvalue weighted by Gasteiger charge is 2.68. The van der Waals surface area contributed by atoms with Gasteiger partial charge in [-0.25, -0.2) is 4.79 Å². The highest BCUT2D eigenvalue weighted by atomic mass is 16.5. The van der Waals surface area contributed by atoms with E-state index in [1.54, 1.807) is 12.1 Å². The fourth-order valence-corrected chi connectivity index (χ4v) is 6.93. The van der Waals surface area contributed by atoms with Gasteiger partial charge in [-0.15, -0.1) is 0 Å². The normalized spacial score (nSPS) is 29.6. The van der Waals surface area contributed by atoms with Gasteiger partial charge in [-0.3, -0.25) is 14.5 Å². The van der Waals surface area contributed by atoms with Crippen LogP contribution in [0.4, 0.5) is 0 Å². The van der Waals surface area contributed by atoms with Gasteiger partial charge in [-0.1, -0.05) is 84.9 Å². The van der Waals surface area contributed by atoms with E-state index >= 15 is 0 Å². The standard InChI is InChI=1S/C32H27NO4/c34-30-28-23-15-16-24(26-18-25(23)26)29(28)31(35)33(30)27(17-19-7-3-1-4-8-19)32(36)37-22-13-11-21(12-14-22)20-9-5-2-6-10-20/h1-16,23-29H,17-18H2/t23-,24-,25-,26-,27+,28+,29+/m1/s1. The Morgan fingerprint density at radius 1 is 0.757 bits per heavy atom. The summed E-state index contributed by atoms with van der Waals surface area (Å²) in [6.07, 6.45) is 5.62. The third-order valence-electron chi connectivity index (χ3n) is 8.73. The summed E-state index contributed by atoms with van der Waals surface area (Å²) >= 11 is 0. The number of carbonyl (C=O) groups is 3. The zero-order valence-electron chi connectivity index (χ0n) is 20.3. The Balaban J connectivity index is 1.17. The second-order valence-corrected chi connectivity index (χ2v) is 10.7. The molecule has 0 spiro atoms. The monoisotopic (exact) mass is 489 g/mol. The number of nitrogens with zero attached hydrogens (tertiary/aromatic N) is 1. The molecular formula is C32H27NO4. The van der Waals surface area contributed by atoms with Crippen molar-refractivity contribution in [3.8, 4) is 16.9 Å². The second kappa shape index (κ2) is 8.55. The molecule has 7 atom stereocenters. The first-order valence-corrected chi connectivity index (χ1v) is 13.1. The van der Waals surface area contributed by atoms with E-state index in [-0.39, 0.29) is 41.9 Å². The van der Waals surface area contributed by atoms with E-state index in [4.69, 9.17) is 4.74 Å². The predicted octanol–water partition coefficient (Wildman–Crippen LogP) is 4.92. The van der Waals surface area contributed by atoms with Crippen molar-refractivity contribution in [2.24, 2.45) is 35.5 Å². The van der Waals surface area contributed by atoms with Crippen molar-refractivity contribution in [3.05, 3.63) is 103 Å². The lowest BCUT2D eigenvalue weighted by molar-refractivity contribution is -0.153. The minimum atomic E-state index is -1.00. The highest BCUT2D eigenvalue weighted by Crippen LogP contribution is 2.65. The molecule has 0 unspecified atom stereocenters. The molecule has 1 saturated heterocycles. The van der Waals surface area contributed by atoms with Gasteiger partial charge in [0.15, 0.2) is 0 Å². The van der Waals surface area contributed by atoms with Crippen molar-refractivity contribution in [2.45, 2.75) is 18.9 Å². The Kier molecular flexibility index (Phi) is 5.13. The average Bonchev–Trinajstić information content (AvgIpc) is 3.72. The molecule has 3 aromatic rings. The van der Waals surface area contributed by atoms with Crippen molar-refractivity contribution in [2.75, 3.05) is 0 Å². The maximum atomic E-state index is 13.8. The smallest absolute Gasteiger partial charge is 0.335 e. The van der Waals surface area contributed by atoms with E-state index in [0.29, 0.717) is 17.6 Å². The second-order valence-electron chi connectivity index (χ2n) is 10.7. The number of benzene rings is 3. The molecule has 2 bridgehead atoms. The van der Waals surface area contributed by atoms with Crippen molar-refractivity contribution in [1.82, 2.24) is 4.90 Å². The largest absolute Gasteiger partial charge is 0.425 e. The number of imide groups is 1. The molecule has 3 fully saturated rings. The van der Waals surface area contributed by atoms with E-state index < -0.39 is 12.0 Å². The number of esters is 1. The maximum Gasteiger partial charge on any atom is 0.335 e. The van der Waals surface area contributed by atoms with Crippen LogP contribution in [0.2, 0.25) is 0 Å². The molecule has 5 aliphatic rings. The lowest BCUT2D eigenvalue weighted by Crippen LogP contribution is -2.48. The SMILES string of the molecule is O=C(Oc1ccc(-c2ccccc2)cc1)[C@H](Cc1ccccc1)N1C(=O)[C@H]2[C@@H]3C=C[C@H]([C@H]4C[C@H]34)[C@@H]2C1=O. The minimum Gasteiger partial charge on any atom is -0.425 e. The van der Waals surface area contributed by atoms with Crippen molar-refractivity contribution < 1.29 is 19.1 Å². The summed E-state index contributed by atoms with van der Waals surface area (Å²) in [5, 5.41) is 0. The van der Waals surface area contributed by atoms with Gasteiger partial charge in [0.05, 0.1) is 11.8 Å². The van der Waals surface area contributed by atoms with Crippen LogP contribution in [-0.2, 0) is 20.8 Å². The molecule has 8 rings (SSSR count). The van der Waals surface area contributed by atoms with E-state index in [1.807, 2.05) is 72.8 Å². The molecule has 0 N–H and O–H groups in total. The predicted molar refractivity (Wildman–Crippen MR) is 138 cm³/mol. The van der Waals surface area contributed by atoms with Crippen LogP contribution in [0.1, 0.15) is 12.0 Å². The first-order chi connectivity index (χ1) is 18.1. The molecule has 5 nitrogen and oxygen atoms in total. The zero-order valence-corrected chi connectivity index (χ0v) is 20.3. The van der Waals surface area contributed by atoms with Crippen LogP contribution in [0.3, 0.4) is 0 Å². The van der Waals surface area contributed by atoms with E-state index in [0.717, 1.165) is 23.1 Å². The molecule has 37 heavy (non-hydrogen) atoms. The maximum absolute atomic E-state index is 13.8. The first kappa shape index (κ1) is 22.2. The Morgan fingerprint density at radius 2 is 1.30 bits per heavy atom. The summed E-state index contributed by atoms with van der Waals surface area (Å²) in [6, 6.07) is 25.8. The molecule has 184 valence electrons. The van der Waals surface area contributed by atoms with Crippen LogP contribution >= 0.6 is 0 Å². The average molecular weight is 490 g/mol. The summed E-state index contributed by atoms with van der Waals surface area (Å²) in [5.74, 6) is -0.0599. The molecular weight excluding hydrogens is 462 g/mol. The Labute approximate surface area is 215 Å². The van der Waals surface area contributed by atoms with Gasteiger partial charge in [-0.2, -0.15) is 0 Å². The Morgan fingerprint density at radius 3 is 1.89 bits per heavy atom. The van der Waals surface area contributed by atoms with Gasteiger partial charge in [0, 0.05) is 6.42 Å². The third kappa shape index (κ3) is 3.64. The number of carbonyl (C=O) groups excluding carboxylic acids is 3. The summed E-state index contributed by atoms with van der Waals surface area (Å²) in [5.41, 5.74) is 2.96. The topological polar surface area (TPSA) is 63.7 Å². The van der Waals surface area contributed by atoms with Crippen molar-refractivity contribution >= 4 is 17.8 Å². The van der Waals surface area contributed by atoms with Gasteiger partial charge in [-0.05, 0) is 58.9 Å². The molecule has 1 heterocycles. The number of hydrogen-bond acceptors (Lipinski definition) is 4. The number of likely N-dealkylation sites (tertiary alicyclic amines) is 1. The highest BCUT2D eigenvalue weighted by molar-refractivity contribution is 6.09. The van der Waals surface area contributed by atoms with Gasteiger partial charge in [0.1, 0.15) is 11.8 Å². The molecule has 5 heteroatoms. The van der Waals surface area contributed by atoms with E-state index in [9.17, 15) is 14.4 Å². The van der Waals surface area contributed by atoms with Crippen LogP contribution in [0.15, 0.2) is 97.1 Å². The first-order valence-electron chi connectivity index (χ1n) is 13.1. The van der Waals surface area contributed by atoms with Gasteiger partial charge >= 0.3 is 5.97 Å². The van der Waals surface area contributed by atoms with Crippen LogP contribution < -0.4 is 4.74 Å². The molecule has 1 aliphatic heterocycles. The van der Waals surface area contributed by atoms with Gasteiger partial charge in [0.25, 0.3) is 0 Å². The molecule has 0 aromatic heterocycles. The van der Waals surface area contributed by atoms with E-state index in [2.05, 4.69) is 12.2 Å². The van der Waals surface area contributed by atoms with Crippen LogP contribution in [0, 0.1) is 35.5 Å². The van der Waals surface area contributed by atoms with Gasteiger partial charge in [0.2, 0.25) is 11.8 Å². The summed E-state index contributed by atoms with van der Waals surface area (Å²) in [4.78, 5) is 42.4. The summed E-state index contributed by atoms with van der Waals surface area (Å²) < 4.78 is 5.80. The fraction of sp³-hybridized carbons (Fsp3) is 0.281. The molecule has 3 aromatic carbocycles. The molecule has 2 amide bonds. The lowest BCUT2D eigenvalue weighted by atomic mass is 9.63. The third-order valence-corrected chi connectivity index (χ3v) is 8.73. The van der Waals surface area contributed by atoms with Crippen molar-refractivity contribution in [3.63, 3.8) is 0 Å². The summed E-state index contributed by atoms with van der Waals surface area (Å²) in [7, 11) is 0.